The Morgan fingerprint density at radius 3 is 3.00 bits per heavy atom. The quantitative estimate of drug-likeness (QED) is 0.779. The third-order valence-electron chi connectivity index (χ3n) is 3.32. The van der Waals surface area contributed by atoms with Crippen LogP contribution in [0.4, 0.5) is 4.39 Å². The standard InChI is InChI=1S/C14H19BrFNO2/c1-18-6-7-19-5-4-17-14-3-2-11-12(14)8-10(15)9-13(11)16/h8-9,14,17H,2-7H2,1H3/t14-/m0/s1. The summed E-state index contributed by atoms with van der Waals surface area (Å²) in [6.45, 7) is 2.64. The molecule has 19 heavy (non-hydrogen) atoms. The van der Waals surface area contributed by atoms with Crippen molar-refractivity contribution in [3.63, 3.8) is 0 Å². The van der Waals surface area contributed by atoms with E-state index in [0.29, 0.717) is 19.8 Å². The van der Waals surface area contributed by atoms with E-state index < -0.39 is 0 Å². The first kappa shape index (κ1) is 14.9. The molecule has 0 aromatic heterocycles. The normalized spacial score (nSPS) is 17.7. The lowest BCUT2D eigenvalue weighted by Crippen LogP contribution is -2.24. The summed E-state index contributed by atoms with van der Waals surface area (Å²) in [5, 5.41) is 3.42. The molecule has 0 amide bonds. The average Bonchev–Trinajstić information content (AvgIpc) is 2.77. The van der Waals surface area contributed by atoms with E-state index in [1.165, 1.54) is 6.07 Å². The summed E-state index contributed by atoms with van der Waals surface area (Å²) in [4.78, 5) is 0. The first-order valence-corrected chi connectivity index (χ1v) is 7.29. The summed E-state index contributed by atoms with van der Waals surface area (Å²) in [5.74, 6) is -0.106. The van der Waals surface area contributed by atoms with Crippen molar-refractivity contribution in [1.29, 1.82) is 0 Å². The van der Waals surface area contributed by atoms with E-state index in [1.54, 1.807) is 7.11 Å². The molecule has 0 spiro atoms. The van der Waals surface area contributed by atoms with Crippen molar-refractivity contribution in [3.8, 4) is 0 Å². The van der Waals surface area contributed by atoms with Gasteiger partial charge >= 0.3 is 0 Å². The molecule has 0 saturated heterocycles. The number of methoxy groups -OCH3 is 1. The van der Waals surface area contributed by atoms with Gasteiger partial charge in [0.05, 0.1) is 19.8 Å². The molecule has 5 heteroatoms. The van der Waals surface area contributed by atoms with Gasteiger partial charge in [-0.15, -0.1) is 0 Å². The molecule has 0 unspecified atom stereocenters. The molecule has 0 radical (unpaired) electrons. The van der Waals surface area contributed by atoms with E-state index in [1.807, 2.05) is 6.07 Å². The Labute approximate surface area is 121 Å². The number of ether oxygens (including phenoxy) is 2. The Balaban J connectivity index is 1.82. The summed E-state index contributed by atoms with van der Waals surface area (Å²) in [5.41, 5.74) is 1.92. The van der Waals surface area contributed by atoms with Gasteiger partial charge in [-0.25, -0.2) is 4.39 Å². The van der Waals surface area contributed by atoms with Crippen molar-refractivity contribution < 1.29 is 13.9 Å². The number of halogens is 2. The highest BCUT2D eigenvalue weighted by atomic mass is 79.9. The van der Waals surface area contributed by atoms with Crippen LogP contribution in [0.1, 0.15) is 23.6 Å². The van der Waals surface area contributed by atoms with Crippen molar-refractivity contribution in [2.45, 2.75) is 18.9 Å². The Bertz CT molecular complexity index is 428. The Morgan fingerprint density at radius 2 is 2.21 bits per heavy atom. The van der Waals surface area contributed by atoms with Crippen molar-refractivity contribution >= 4 is 15.9 Å². The smallest absolute Gasteiger partial charge is 0.127 e. The van der Waals surface area contributed by atoms with Crippen LogP contribution in [0, 0.1) is 5.82 Å². The molecule has 2 rings (SSSR count). The molecule has 1 N–H and O–H groups in total. The van der Waals surface area contributed by atoms with E-state index in [-0.39, 0.29) is 11.9 Å². The van der Waals surface area contributed by atoms with Crippen LogP contribution in [-0.4, -0.2) is 33.5 Å². The van der Waals surface area contributed by atoms with Crippen LogP contribution in [0.5, 0.6) is 0 Å². The van der Waals surface area contributed by atoms with Crippen LogP contribution in [0.25, 0.3) is 0 Å². The minimum Gasteiger partial charge on any atom is -0.382 e. The first-order valence-electron chi connectivity index (χ1n) is 6.50. The molecule has 0 aliphatic heterocycles. The second-order valence-corrected chi connectivity index (χ2v) is 5.52. The summed E-state index contributed by atoms with van der Waals surface area (Å²) in [7, 11) is 1.66. The van der Waals surface area contributed by atoms with Gasteiger partial charge in [-0.1, -0.05) is 15.9 Å². The van der Waals surface area contributed by atoms with Crippen molar-refractivity contribution in [2.75, 3.05) is 33.5 Å². The van der Waals surface area contributed by atoms with Gasteiger partial charge in [-0.3, -0.25) is 0 Å². The molecule has 0 heterocycles. The number of hydrogen-bond donors (Lipinski definition) is 1. The molecule has 0 saturated carbocycles. The van der Waals surface area contributed by atoms with Gasteiger partial charge in [0.25, 0.3) is 0 Å². The number of nitrogens with one attached hydrogen (secondary N) is 1. The maximum atomic E-state index is 13.8. The van der Waals surface area contributed by atoms with Crippen LogP contribution in [0.15, 0.2) is 16.6 Å². The maximum Gasteiger partial charge on any atom is 0.127 e. The number of fused-ring (bicyclic) bond motifs is 1. The van der Waals surface area contributed by atoms with Gasteiger partial charge in [0, 0.05) is 24.2 Å². The third kappa shape index (κ3) is 3.99. The molecule has 0 bridgehead atoms. The van der Waals surface area contributed by atoms with Crippen LogP contribution >= 0.6 is 15.9 Å². The zero-order valence-electron chi connectivity index (χ0n) is 11.0. The van der Waals surface area contributed by atoms with Crippen molar-refractivity contribution in [1.82, 2.24) is 5.32 Å². The third-order valence-corrected chi connectivity index (χ3v) is 3.78. The van der Waals surface area contributed by atoms with Gasteiger partial charge in [0.15, 0.2) is 0 Å². The number of rotatable bonds is 7. The molecule has 1 aliphatic carbocycles. The van der Waals surface area contributed by atoms with Gasteiger partial charge in [0.1, 0.15) is 5.82 Å². The first-order chi connectivity index (χ1) is 9.22. The average molecular weight is 332 g/mol. The minimum absolute atomic E-state index is 0.106. The van der Waals surface area contributed by atoms with Crippen LogP contribution in [-0.2, 0) is 15.9 Å². The Kier molecular flexibility index (Phi) is 5.76. The monoisotopic (exact) mass is 331 g/mol. The fourth-order valence-electron chi connectivity index (χ4n) is 2.40. The van der Waals surface area contributed by atoms with Crippen LogP contribution in [0.2, 0.25) is 0 Å². The lowest BCUT2D eigenvalue weighted by atomic mass is 10.1. The zero-order chi connectivity index (χ0) is 13.7. The lowest BCUT2D eigenvalue weighted by Gasteiger charge is -2.14. The zero-order valence-corrected chi connectivity index (χ0v) is 12.6. The van der Waals surface area contributed by atoms with Crippen molar-refractivity contribution in [3.05, 3.63) is 33.5 Å². The maximum absolute atomic E-state index is 13.8. The highest BCUT2D eigenvalue weighted by Crippen LogP contribution is 2.34. The van der Waals surface area contributed by atoms with Crippen LogP contribution in [0.3, 0.4) is 0 Å². The topological polar surface area (TPSA) is 30.5 Å². The highest BCUT2D eigenvalue weighted by Gasteiger charge is 2.25. The lowest BCUT2D eigenvalue weighted by molar-refractivity contribution is 0.0710. The molecule has 106 valence electrons. The fourth-order valence-corrected chi connectivity index (χ4v) is 2.85. The molecule has 0 fully saturated rings. The number of benzene rings is 1. The van der Waals surface area contributed by atoms with Gasteiger partial charge < -0.3 is 14.8 Å². The van der Waals surface area contributed by atoms with E-state index in [9.17, 15) is 4.39 Å². The van der Waals surface area contributed by atoms with E-state index in [0.717, 1.165) is 35.0 Å². The highest BCUT2D eigenvalue weighted by molar-refractivity contribution is 9.10. The fraction of sp³-hybridized carbons (Fsp3) is 0.571. The number of hydrogen-bond acceptors (Lipinski definition) is 3. The molecular weight excluding hydrogens is 313 g/mol. The second kappa shape index (κ2) is 7.33. The molecule has 3 nitrogen and oxygen atoms in total. The summed E-state index contributed by atoms with van der Waals surface area (Å²) in [6.07, 6.45) is 1.75. The summed E-state index contributed by atoms with van der Waals surface area (Å²) < 4.78 is 24.9. The van der Waals surface area contributed by atoms with Gasteiger partial charge in [0.2, 0.25) is 0 Å². The SMILES string of the molecule is COCCOCCN[C@H]1CCc2c(F)cc(Br)cc21. The second-order valence-electron chi connectivity index (χ2n) is 4.61. The van der Waals surface area contributed by atoms with E-state index in [2.05, 4.69) is 21.2 Å². The largest absolute Gasteiger partial charge is 0.382 e. The van der Waals surface area contributed by atoms with Crippen molar-refractivity contribution in [2.24, 2.45) is 0 Å². The predicted octanol–water partition coefficient (Wildman–Crippen LogP) is 2.83. The van der Waals surface area contributed by atoms with E-state index in [4.69, 9.17) is 9.47 Å². The van der Waals surface area contributed by atoms with E-state index >= 15 is 0 Å². The van der Waals surface area contributed by atoms with Gasteiger partial charge in [-0.2, -0.15) is 0 Å². The van der Waals surface area contributed by atoms with Gasteiger partial charge in [-0.05, 0) is 36.1 Å². The molecule has 1 aromatic rings. The summed E-state index contributed by atoms with van der Waals surface area (Å²) >= 11 is 3.35. The molecule has 1 atom stereocenters. The predicted molar refractivity (Wildman–Crippen MR) is 75.9 cm³/mol. The molecular formula is C14H19BrFNO2. The minimum atomic E-state index is -0.106. The molecule has 1 aliphatic rings. The summed E-state index contributed by atoms with van der Waals surface area (Å²) in [6, 6.07) is 3.78. The van der Waals surface area contributed by atoms with Crippen LogP contribution < -0.4 is 5.32 Å². The Morgan fingerprint density at radius 1 is 1.37 bits per heavy atom. The Hall–Kier alpha value is -0.490. The molecule has 1 aromatic carbocycles.